The Morgan fingerprint density at radius 3 is 1.69 bits per heavy atom. The molecule has 1 N–H and O–H groups in total. The average Bonchev–Trinajstić information content (AvgIpc) is 2.92. The summed E-state index contributed by atoms with van der Waals surface area (Å²) in [4.78, 5) is 0. The van der Waals surface area contributed by atoms with E-state index in [1.165, 1.54) is 0 Å². The van der Waals surface area contributed by atoms with Crippen LogP contribution in [0, 0.1) is 12.3 Å². The topological polar surface area (TPSA) is 66.4 Å². The maximum Gasteiger partial charge on any atom is 0.184 e. The van der Waals surface area contributed by atoms with Gasteiger partial charge in [0.05, 0.1) is 26.4 Å². The Balaban J connectivity index is 1.50. The zero-order valence-electron chi connectivity index (χ0n) is 20.1. The fourth-order valence-corrected chi connectivity index (χ4v) is 4.14. The summed E-state index contributed by atoms with van der Waals surface area (Å²) in [6, 6.07) is 29.4. The maximum absolute atomic E-state index is 11.0. The number of benzene rings is 3. The van der Waals surface area contributed by atoms with Crippen molar-refractivity contribution >= 4 is 0 Å². The van der Waals surface area contributed by atoms with Crippen LogP contribution in [0.3, 0.4) is 0 Å². The smallest absolute Gasteiger partial charge is 0.184 e. The third-order valence-corrected chi connectivity index (χ3v) is 5.93. The van der Waals surface area contributed by atoms with Crippen LogP contribution in [-0.4, -0.2) is 49.0 Å². The molecule has 0 bridgehead atoms. The van der Waals surface area contributed by atoms with Crippen LogP contribution >= 0.6 is 0 Å². The van der Waals surface area contributed by atoms with Crippen LogP contribution in [0.15, 0.2) is 91.0 Å². The fourth-order valence-electron chi connectivity index (χ4n) is 4.14. The minimum atomic E-state index is -1.23. The lowest BCUT2D eigenvalue weighted by Crippen LogP contribution is -2.61. The molecule has 6 nitrogen and oxygen atoms in total. The molecule has 188 valence electrons. The predicted molar refractivity (Wildman–Crippen MR) is 136 cm³/mol. The molecular weight excluding hydrogens is 456 g/mol. The molecule has 0 aliphatic carbocycles. The van der Waals surface area contributed by atoms with Crippen molar-refractivity contribution in [2.75, 3.05) is 13.2 Å². The first-order chi connectivity index (χ1) is 17.7. The van der Waals surface area contributed by atoms with Crippen LogP contribution in [0.4, 0.5) is 0 Å². The standard InChI is InChI=1S/C30H32O6/c1-2-18-33-27-26(22-32-19-23-12-6-3-7-13-23)36-30(31)29(35-21-25-16-10-5-11-17-25)28(27)34-20-24-14-8-4-9-15-24/h1,3-17,26-31H,18-22H2/t26-,27-,28+,29+,30-/m1/s1. The zero-order chi connectivity index (χ0) is 25.0. The summed E-state index contributed by atoms with van der Waals surface area (Å²) in [5.74, 6) is 2.52. The Morgan fingerprint density at radius 2 is 1.17 bits per heavy atom. The van der Waals surface area contributed by atoms with Gasteiger partial charge in [-0.1, -0.05) is 96.9 Å². The van der Waals surface area contributed by atoms with Crippen molar-refractivity contribution in [3.8, 4) is 12.3 Å². The number of hydrogen-bond donors (Lipinski definition) is 1. The predicted octanol–water partition coefficient (Wildman–Crippen LogP) is 4.11. The van der Waals surface area contributed by atoms with Gasteiger partial charge in [-0.3, -0.25) is 0 Å². The number of terminal acetylenes is 1. The monoisotopic (exact) mass is 488 g/mol. The van der Waals surface area contributed by atoms with E-state index in [-0.39, 0.29) is 19.8 Å². The molecule has 3 aromatic rings. The fraction of sp³-hybridized carbons (Fsp3) is 0.333. The molecular formula is C30H32O6. The lowest BCUT2D eigenvalue weighted by Gasteiger charge is -2.44. The van der Waals surface area contributed by atoms with Gasteiger partial charge in [-0.25, -0.2) is 0 Å². The van der Waals surface area contributed by atoms with Crippen LogP contribution < -0.4 is 0 Å². The van der Waals surface area contributed by atoms with Gasteiger partial charge in [-0.15, -0.1) is 6.42 Å². The highest BCUT2D eigenvalue weighted by atomic mass is 16.7. The molecule has 0 amide bonds. The molecule has 1 heterocycles. The lowest BCUT2D eigenvalue weighted by molar-refractivity contribution is -0.314. The van der Waals surface area contributed by atoms with Crippen LogP contribution in [0.1, 0.15) is 16.7 Å². The van der Waals surface area contributed by atoms with Crippen LogP contribution in [-0.2, 0) is 43.5 Å². The molecule has 0 radical (unpaired) electrons. The Morgan fingerprint density at radius 1 is 0.667 bits per heavy atom. The summed E-state index contributed by atoms with van der Waals surface area (Å²) in [5, 5.41) is 11.0. The highest BCUT2D eigenvalue weighted by molar-refractivity contribution is 5.15. The van der Waals surface area contributed by atoms with E-state index in [9.17, 15) is 5.11 Å². The van der Waals surface area contributed by atoms with E-state index in [0.717, 1.165) is 16.7 Å². The second-order valence-corrected chi connectivity index (χ2v) is 8.57. The second-order valence-electron chi connectivity index (χ2n) is 8.57. The number of hydrogen-bond acceptors (Lipinski definition) is 6. The number of ether oxygens (including phenoxy) is 5. The summed E-state index contributed by atoms with van der Waals surface area (Å²) in [6.45, 7) is 1.26. The molecule has 1 aliphatic rings. The third-order valence-electron chi connectivity index (χ3n) is 5.93. The van der Waals surface area contributed by atoms with Crippen molar-refractivity contribution in [2.45, 2.75) is 50.5 Å². The maximum atomic E-state index is 11.0. The largest absolute Gasteiger partial charge is 0.374 e. The summed E-state index contributed by atoms with van der Waals surface area (Å²) in [5.41, 5.74) is 3.00. The van der Waals surface area contributed by atoms with E-state index in [1.54, 1.807) is 0 Å². The van der Waals surface area contributed by atoms with E-state index >= 15 is 0 Å². The summed E-state index contributed by atoms with van der Waals surface area (Å²) >= 11 is 0. The molecule has 0 spiro atoms. The van der Waals surface area contributed by atoms with Crippen molar-refractivity contribution in [3.63, 3.8) is 0 Å². The van der Waals surface area contributed by atoms with Gasteiger partial charge in [0.15, 0.2) is 6.29 Å². The Kier molecular flexibility index (Phi) is 10.1. The van der Waals surface area contributed by atoms with Gasteiger partial charge >= 0.3 is 0 Å². The first-order valence-corrected chi connectivity index (χ1v) is 12.1. The van der Waals surface area contributed by atoms with Gasteiger partial charge in [-0.2, -0.15) is 0 Å². The van der Waals surface area contributed by atoms with E-state index < -0.39 is 30.7 Å². The van der Waals surface area contributed by atoms with Gasteiger partial charge in [0.2, 0.25) is 0 Å². The van der Waals surface area contributed by atoms with E-state index in [0.29, 0.717) is 13.2 Å². The van der Waals surface area contributed by atoms with Crippen molar-refractivity contribution in [1.82, 2.24) is 0 Å². The third kappa shape index (κ3) is 7.49. The van der Waals surface area contributed by atoms with E-state index in [2.05, 4.69) is 5.92 Å². The summed E-state index contributed by atoms with van der Waals surface area (Å²) in [6.07, 6.45) is 1.63. The molecule has 0 unspecified atom stereocenters. The molecule has 3 aromatic carbocycles. The van der Waals surface area contributed by atoms with Crippen LogP contribution in [0.2, 0.25) is 0 Å². The van der Waals surface area contributed by atoms with E-state index in [4.69, 9.17) is 30.1 Å². The SMILES string of the molecule is C#CCO[C@H]1[C@H](OCc2ccccc2)[C@H](OCc2ccccc2)[C@H](O)O[C@@H]1COCc1ccccc1. The number of rotatable bonds is 12. The van der Waals surface area contributed by atoms with Crippen LogP contribution in [0.25, 0.3) is 0 Å². The molecule has 1 saturated heterocycles. The van der Waals surface area contributed by atoms with Crippen LogP contribution in [0.5, 0.6) is 0 Å². The van der Waals surface area contributed by atoms with Gasteiger partial charge < -0.3 is 28.8 Å². The molecule has 4 rings (SSSR count). The zero-order valence-corrected chi connectivity index (χ0v) is 20.1. The Hall–Kier alpha value is -3.02. The minimum absolute atomic E-state index is 0.0654. The first-order valence-electron chi connectivity index (χ1n) is 12.1. The number of aliphatic hydroxyl groups excluding tert-OH is 1. The highest BCUT2D eigenvalue weighted by Gasteiger charge is 2.47. The van der Waals surface area contributed by atoms with E-state index in [1.807, 2.05) is 91.0 Å². The van der Waals surface area contributed by atoms with Crippen molar-refractivity contribution in [3.05, 3.63) is 108 Å². The van der Waals surface area contributed by atoms with Gasteiger partial charge in [0.1, 0.15) is 31.0 Å². The van der Waals surface area contributed by atoms with Crippen molar-refractivity contribution in [2.24, 2.45) is 0 Å². The normalized spacial score (nSPS) is 23.7. The Labute approximate surface area is 212 Å². The number of aliphatic hydroxyl groups is 1. The Bertz CT molecular complexity index is 1050. The highest BCUT2D eigenvalue weighted by Crippen LogP contribution is 2.29. The van der Waals surface area contributed by atoms with Gasteiger partial charge in [0.25, 0.3) is 0 Å². The minimum Gasteiger partial charge on any atom is -0.374 e. The quantitative estimate of drug-likeness (QED) is 0.387. The molecule has 0 saturated carbocycles. The van der Waals surface area contributed by atoms with Crippen molar-refractivity contribution < 1.29 is 28.8 Å². The summed E-state index contributed by atoms with van der Waals surface area (Å²) in [7, 11) is 0. The van der Waals surface area contributed by atoms with Crippen molar-refractivity contribution in [1.29, 1.82) is 0 Å². The second kappa shape index (κ2) is 13.9. The molecule has 6 heteroatoms. The molecule has 1 aliphatic heterocycles. The lowest BCUT2D eigenvalue weighted by atomic mass is 9.98. The molecule has 36 heavy (non-hydrogen) atoms. The van der Waals surface area contributed by atoms with Gasteiger partial charge in [-0.05, 0) is 16.7 Å². The molecule has 5 atom stereocenters. The van der Waals surface area contributed by atoms with Gasteiger partial charge in [0, 0.05) is 0 Å². The summed E-state index contributed by atoms with van der Waals surface area (Å²) < 4.78 is 30.4. The molecule has 0 aromatic heterocycles. The first kappa shape index (κ1) is 26.1. The average molecular weight is 489 g/mol. The molecule has 1 fully saturated rings.